The van der Waals surface area contributed by atoms with Crippen LogP contribution in [0, 0.1) is 5.82 Å². The van der Waals surface area contributed by atoms with E-state index in [-0.39, 0.29) is 5.69 Å². The van der Waals surface area contributed by atoms with Crippen LogP contribution in [-0.2, 0) is 6.18 Å². The topological polar surface area (TPSA) is 38.0 Å². The van der Waals surface area contributed by atoms with Gasteiger partial charge in [-0.15, -0.1) is 0 Å². The summed E-state index contributed by atoms with van der Waals surface area (Å²) in [4.78, 5) is 0. The number of aliphatic hydroxyl groups excluding tert-OH is 1. The Morgan fingerprint density at radius 3 is 2.47 bits per heavy atom. The van der Waals surface area contributed by atoms with E-state index in [4.69, 9.17) is 0 Å². The minimum Gasteiger partial charge on any atom is -0.389 e. The molecule has 0 fully saturated rings. The maximum absolute atomic E-state index is 13.7. The molecule has 0 saturated heterocycles. The van der Waals surface area contributed by atoms with Crippen molar-refractivity contribution in [3.63, 3.8) is 0 Å². The van der Waals surface area contributed by atoms with Gasteiger partial charge < -0.3 is 5.11 Å². The van der Waals surface area contributed by atoms with Gasteiger partial charge in [-0.1, -0.05) is 6.07 Å². The standard InChI is InChI=1S/C12H10F4N2O/c1-7(19)8-2-3-11(10(13)4-8)18-6-9(5-17-18)12(14,15)16/h2-7,19H,1H3. The number of alkyl halides is 3. The summed E-state index contributed by atoms with van der Waals surface area (Å²) in [5.74, 6) is -0.754. The Labute approximate surface area is 106 Å². The van der Waals surface area contributed by atoms with E-state index in [2.05, 4.69) is 5.10 Å². The average Bonchev–Trinajstić information content (AvgIpc) is 2.77. The third kappa shape index (κ3) is 2.76. The lowest BCUT2D eigenvalue weighted by Crippen LogP contribution is -2.04. The summed E-state index contributed by atoms with van der Waals surface area (Å²) >= 11 is 0. The van der Waals surface area contributed by atoms with Gasteiger partial charge in [0.2, 0.25) is 0 Å². The van der Waals surface area contributed by atoms with E-state index in [1.54, 1.807) is 0 Å². The molecule has 1 unspecified atom stereocenters. The largest absolute Gasteiger partial charge is 0.419 e. The second kappa shape index (κ2) is 4.65. The van der Waals surface area contributed by atoms with Crippen LogP contribution in [0.25, 0.3) is 5.69 Å². The Hall–Kier alpha value is -1.89. The molecule has 0 aliphatic rings. The summed E-state index contributed by atoms with van der Waals surface area (Å²) in [5, 5.41) is 12.8. The van der Waals surface area contributed by atoms with Crippen molar-refractivity contribution in [3.8, 4) is 5.69 Å². The third-order valence-corrected chi connectivity index (χ3v) is 2.61. The summed E-state index contributed by atoms with van der Waals surface area (Å²) in [6.45, 7) is 1.46. The van der Waals surface area contributed by atoms with Gasteiger partial charge in [-0.2, -0.15) is 18.3 Å². The number of hydrogen-bond acceptors (Lipinski definition) is 2. The third-order valence-electron chi connectivity index (χ3n) is 2.61. The normalized spacial score (nSPS) is 13.6. The van der Waals surface area contributed by atoms with Crippen molar-refractivity contribution < 1.29 is 22.7 Å². The monoisotopic (exact) mass is 274 g/mol. The molecule has 0 bridgehead atoms. The number of aromatic nitrogens is 2. The molecule has 0 saturated carbocycles. The molecule has 19 heavy (non-hydrogen) atoms. The first kappa shape index (κ1) is 13.5. The fourth-order valence-electron chi connectivity index (χ4n) is 1.57. The fourth-order valence-corrected chi connectivity index (χ4v) is 1.57. The minimum atomic E-state index is -4.52. The molecule has 0 spiro atoms. The number of aliphatic hydroxyl groups is 1. The minimum absolute atomic E-state index is 0.111. The molecular weight excluding hydrogens is 264 g/mol. The van der Waals surface area contributed by atoms with E-state index in [1.807, 2.05) is 0 Å². The molecule has 7 heteroatoms. The van der Waals surface area contributed by atoms with Crippen LogP contribution in [0.1, 0.15) is 24.2 Å². The van der Waals surface area contributed by atoms with Crippen LogP contribution in [0.2, 0.25) is 0 Å². The Kier molecular flexibility index (Phi) is 3.32. The number of nitrogens with zero attached hydrogens (tertiary/aromatic N) is 2. The molecule has 1 aromatic carbocycles. The molecule has 102 valence electrons. The molecule has 0 radical (unpaired) electrons. The second-order valence-corrected chi connectivity index (χ2v) is 4.06. The predicted molar refractivity (Wildman–Crippen MR) is 59.2 cm³/mol. The molecule has 0 amide bonds. The summed E-state index contributed by atoms with van der Waals surface area (Å²) < 4.78 is 51.8. The van der Waals surface area contributed by atoms with Crippen molar-refractivity contribution >= 4 is 0 Å². The van der Waals surface area contributed by atoms with Crippen molar-refractivity contribution in [3.05, 3.63) is 47.5 Å². The molecule has 1 N–H and O–H groups in total. The highest BCUT2D eigenvalue weighted by Crippen LogP contribution is 2.29. The van der Waals surface area contributed by atoms with Crippen molar-refractivity contribution in [1.82, 2.24) is 9.78 Å². The van der Waals surface area contributed by atoms with Crippen LogP contribution in [-0.4, -0.2) is 14.9 Å². The molecule has 2 aromatic rings. The average molecular weight is 274 g/mol. The van der Waals surface area contributed by atoms with Crippen molar-refractivity contribution in [2.24, 2.45) is 0 Å². The van der Waals surface area contributed by atoms with Crippen LogP contribution in [0.4, 0.5) is 17.6 Å². The Morgan fingerprint density at radius 2 is 2.00 bits per heavy atom. The first-order chi connectivity index (χ1) is 8.79. The molecule has 1 heterocycles. The highest BCUT2D eigenvalue weighted by Gasteiger charge is 2.32. The van der Waals surface area contributed by atoms with Gasteiger partial charge in [0.25, 0.3) is 0 Å². The zero-order valence-corrected chi connectivity index (χ0v) is 9.82. The van der Waals surface area contributed by atoms with E-state index in [0.717, 1.165) is 10.7 Å². The quantitative estimate of drug-likeness (QED) is 0.855. The van der Waals surface area contributed by atoms with Gasteiger partial charge in [0.05, 0.1) is 17.9 Å². The number of rotatable bonds is 2. The molecule has 2 rings (SSSR count). The van der Waals surface area contributed by atoms with Gasteiger partial charge in [-0.05, 0) is 24.6 Å². The molecule has 0 aliphatic carbocycles. The van der Waals surface area contributed by atoms with Crippen molar-refractivity contribution in [1.29, 1.82) is 0 Å². The van der Waals surface area contributed by atoms with E-state index >= 15 is 0 Å². The SMILES string of the molecule is CC(O)c1ccc(-n2cc(C(F)(F)F)cn2)c(F)c1. The summed E-state index contributed by atoms with van der Waals surface area (Å²) in [5.41, 5.74) is -0.726. The van der Waals surface area contributed by atoms with Crippen molar-refractivity contribution in [2.75, 3.05) is 0 Å². The highest BCUT2D eigenvalue weighted by molar-refractivity contribution is 5.37. The van der Waals surface area contributed by atoms with E-state index < -0.39 is 23.7 Å². The van der Waals surface area contributed by atoms with Gasteiger partial charge in [0, 0.05) is 6.20 Å². The van der Waals surface area contributed by atoms with Gasteiger partial charge in [-0.25, -0.2) is 9.07 Å². The number of halogens is 4. The number of hydrogen-bond donors (Lipinski definition) is 1. The zero-order valence-electron chi connectivity index (χ0n) is 9.82. The lowest BCUT2D eigenvalue weighted by atomic mass is 10.1. The summed E-state index contributed by atoms with van der Waals surface area (Å²) in [6.07, 6.45) is -4.04. The van der Waals surface area contributed by atoms with E-state index in [0.29, 0.717) is 18.0 Å². The Morgan fingerprint density at radius 1 is 1.32 bits per heavy atom. The molecular formula is C12H10F4N2O. The van der Waals surface area contributed by atoms with Gasteiger partial charge >= 0.3 is 6.18 Å². The first-order valence-electron chi connectivity index (χ1n) is 5.39. The number of benzene rings is 1. The zero-order chi connectivity index (χ0) is 14.2. The second-order valence-electron chi connectivity index (χ2n) is 4.06. The smallest absolute Gasteiger partial charge is 0.389 e. The molecule has 0 aliphatic heterocycles. The predicted octanol–water partition coefficient (Wildman–Crippen LogP) is 3.08. The maximum Gasteiger partial charge on any atom is 0.419 e. The first-order valence-corrected chi connectivity index (χ1v) is 5.39. The molecule has 1 atom stereocenters. The van der Waals surface area contributed by atoms with Gasteiger partial charge in [0.1, 0.15) is 11.5 Å². The van der Waals surface area contributed by atoms with E-state index in [9.17, 15) is 22.7 Å². The summed E-state index contributed by atoms with van der Waals surface area (Å²) in [7, 11) is 0. The van der Waals surface area contributed by atoms with Gasteiger partial charge in [0.15, 0.2) is 0 Å². The van der Waals surface area contributed by atoms with Crippen LogP contribution in [0.15, 0.2) is 30.6 Å². The lowest BCUT2D eigenvalue weighted by Gasteiger charge is -2.08. The Balaban J connectivity index is 2.40. The summed E-state index contributed by atoms with van der Waals surface area (Å²) in [6, 6.07) is 3.76. The Bertz CT molecular complexity index is 590. The lowest BCUT2D eigenvalue weighted by molar-refractivity contribution is -0.137. The molecule has 3 nitrogen and oxygen atoms in total. The van der Waals surface area contributed by atoms with E-state index in [1.165, 1.54) is 19.1 Å². The molecule has 1 aromatic heterocycles. The van der Waals surface area contributed by atoms with Crippen molar-refractivity contribution in [2.45, 2.75) is 19.2 Å². The van der Waals surface area contributed by atoms with Crippen LogP contribution in [0.5, 0.6) is 0 Å². The van der Waals surface area contributed by atoms with Crippen LogP contribution < -0.4 is 0 Å². The van der Waals surface area contributed by atoms with Crippen LogP contribution >= 0.6 is 0 Å². The van der Waals surface area contributed by atoms with Crippen LogP contribution in [0.3, 0.4) is 0 Å². The maximum atomic E-state index is 13.7. The van der Waals surface area contributed by atoms with Gasteiger partial charge in [-0.3, -0.25) is 0 Å². The fraction of sp³-hybridized carbons (Fsp3) is 0.250. The highest BCUT2D eigenvalue weighted by atomic mass is 19.4.